The fourth-order valence-corrected chi connectivity index (χ4v) is 2.45. The molecule has 0 aliphatic rings. The number of benzene rings is 2. The van der Waals surface area contributed by atoms with Gasteiger partial charge in [-0.2, -0.15) is 0 Å². The van der Waals surface area contributed by atoms with Gasteiger partial charge in [-0.15, -0.1) is 0 Å². The molecule has 0 aliphatic heterocycles. The first-order valence-corrected chi connectivity index (χ1v) is 6.49. The third kappa shape index (κ3) is 2.74. The zero-order valence-electron chi connectivity index (χ0n) is 8.88. The lowest BCUT2D eigenvalue weighted by Gasteiger charge is -2.06. The molecule has 0 amide bonds. The van der Waals surface area contributed by atoms with Crippen LogP contribution in [0.3, 0.4) is 0 Å². The normalized spacial score (nSPS) is 10.4. The van der Waals surface area contributed by atoms with Crippen molar-refractivity contribution in [2.45, 2.75) is 0 Å². The van der Waals surface area contributed by atoms with Crippen molar-refractivity contribution in [1.82, 2.24) is 0 Å². The Kier molecular flexibility index (Phi) is 4.05. The summed E-state index contributed by atoms with van der Waals surface area (Å²) in [5, 5.41) is 0.482. The van der Waals surface area contributed by atoms with E-state index in [0.717, 1.165) is 10.5 Å². The van der Waals surface area contributed by atoms with Gasteiger partial charge >= 0.3 is 0 Å². The number of carbonyl (C=O) groups excluding carboxylic acids is 1. The van der Waals surface area contributed by atoms with Gasteiger partial charge in [0.2, 0.25) is 0 Å². The second kappa shape index (κ2) is 5.39. The van der Waals surface area contributed by atoms with Crippen LogP contribution in [0.4, 0.5) is 4.39 Å². The number of ketones is 1. The van der Waals surface area contributed by atoms with Crippen LogP contribution in [0.15, 0.2) is 40.9 Å². The lowest BCUT2D eigenvalue weighted by molar-refractivity contribution is 0.103. The predicted octanol–water partition coefficient (Wildman–Crippen LogP) is 5.13. The van der Waals surface area contributed by atoms with E-state index in [4.69, 9.17) is 23.2 Å². The third-order valence-corrected chi connectivity index (χ3v) is 3.48. The minimum absolute atomic E-state index is 0.0980. The van der Waals surface area contributed by atoms with Crippen molar-refractivity contribution in [3.63, 3.8) is 0 Å². The van der Waals surface area contributed by atoms with Gasteiger partial charge in [0, 0.05) is 15.6 Å². The summed E-state index contributed by atoms with van der Waals surface area (Å²) in [4.78, 5) is 12.2. The van der Waals surface area contributed by atoms with E-state index in [1.165, 1.54) is 12.1 Å². The van der Waals surface area contributed by atoms with Crippen molar-refractivity contribution in [3.8, 4) is 0 Å². The van der Waals surface area contributed by atoms with Crippen LogP contribution in [0.1, 0.15) is 15.9 Å². The zero-order valence-corrected chi connectivity index (χ0v) is 12.0. The average Bonchev–Trinajstić information content (AvgIpc) is 2.31. The monoisotopic (exact) mass is 346 g/mol. The highest BCUT2D eigenvalue weighted by molar-refractivity contribution is 9.10. The van der Waals surface area contributed by atoms with Crippen LogP contribution in [0, 0.1) is 5.82 Å². The fourth-order valence-electron chi connectivity index (χ4n) is 1.49. The molecule has 0 unspecified atom stereocenters. The first kappa shape index (κ1) is 13.5. The highest BCUT2D eigenvalue weighted by atomic mass is 79.9. The van der Waals surface area contributed by atoms with Crippen LogP contribution in [0.2, 0.25) is 10.0 Å². The topological polar surface area (TPSA) is 17.1 Å². The average molecular weight is 348 g/mol. The van der Waals surface area contributed by atoms with Crippen LogP contribution < -0.4 is 0 Å². The van der Waals surface area contributed by atoms with Gasteiger partial charge in [0.05, 0.1) is 10.0 Å². The van der Waals surface area contributed by atoms with E-state index in [9.17, 15) is 9.18 Å². The molecule has 0 atom stereocenters. The van der Waals surface area contributed by atoms with Gasteiger partial charge in [-0.3, -0.25) is 4.79 Å². The first-order valence-electron chi connectivity index (χ1n) is 4.94. The van der Waals surface area contributed by atoms with E-state index in [1.807, 2.05) is 0 Å². The van der Waals surface area contributed by atoms with Crippen molar-refractivity contribution in [3.05, 3.63) is 67.9 Å². The van der Waals surface area contributed by atoms with Crippen molar-refractivity contribution in [2.75, 3.05) is 0 Å². The quantitative estimate of drug-likeness (QED) is 0.688. The third-order valence-electron chi connectivity index (χ3n) is 2.35. The maximum absolute atomic E-state index is 13.1. The summed E-state index contributed by atoms with van der Waals surface area (Å²) in [5.74, 6) is -0.923. The van der Waals surface area contributed by atoms with E-state index in [0.29, 0.717) is 0 Å². The Hall–Kier alpha value is -0.900. The SMILES string of the molecule is O=C(c1ccc(Br)cc1Cl)c1cc(F)ccc1Cl. The highest BCUT2D eigenvalue weighted by Crippen LogP contribution is 2.26. The summed E-state index contributed by atoms with van der Waals surface area (Å²) >= 11 is 15.1. The van der Waals surface area contributed by atoms with Gasteiger partial charge in [-0.25, -0.2) is 4.39 Å². The minimum Gasteiger partial charge on any atom is -0.288 e. The number of hydrogen-bond acceptors (Lipinski definition) is 1. The summed E-state index contributed by atoms with van der Waals surface area (Å²) < 4.78 is 13.9. The van der Waals surface area contributed by atoms with Gasteiger partial charge in [-0.1, -0.05) is 39.1 Å². The molecule has 0 aliphatic carbocycles. The molecule has 0 fully saturated rings. The van der Waals surface area contributed by atoms with Crippen molar-refractivity contribution >= 4 is 44.9 Å². The Morgan fingerprint density at radius 3 is 2.39 bits per heavy atom. The van der Waals surface area contributed by atoms with Crippen LogP contribution in [-0.2, 0) is 0 Å². The molecule has 1 nitrogen and oxygen atoms in total. The van der Waals surface area contributed by atoms with Crippen LogP contribution in [-0.4, -0.2) is 5.78 Å². The number of carbonyl (C=O) groups is 1. The molecule has 0 saturated carbocycles. The van der Waals surface area contributed by atoms with E-state index in [2.05, 4.69) is 15.9 Å². The summed E-state index contributed by atoms with van der Waals surface area (Å²) in [6.45, 7) is 0. The maximum atomic E-state index is 13.1. The van der Waals surface area contributed by atoms with Crippen LogP contribution in [0.5, 0.6) is 0 Å². The Labute approximate surface area is 122 Å². The van der Waals surface area contributed by atoms with Gasteiger partial charge in [0.25, 0.3) is 0 Å². The zero-order chi connectivity index (χ0) is 13.3. The van der Waals surface area contributed by atoms with Crippen molar-refractivity contribution in [2.24, 2.45) is 0 Å². The van der Waals surface area contributed by atoms with E-state index in [-0.39, 0.29) is 21.2 Å². The molecule has 2 aromatic carbocycles. The molecule has 18 heavy (non-hydrogen) atoms. The molecular formula is C13H6BrCl2FO. The molecule has 5 heteroatoms. The molecule has 0 heterocycles. The second-order valence-electron chi connectivity index (χ2n) is 3.58. The summed E-state index contributed by atoms with van der Waals surface area (Å²) in [5.41, 5.74) is 0.383. The molecule has 0 spiro atoms. The van der Waals surface area contributed by atoms with Gasteiger partial charge < -0.3 is 0 Å². The molecule has 0 aromatic heterocycles. The molecule has 92 valence electrons. The summed E-state index contributed by atoms with van der Waals surface area (Å²) in [7, 11) is 0. The first-order chi connectivity index (χ1) is 8.49. The highest BCUT2D eigenvalue weighted by Gasteiger charge is 2.16. The molecule has 2 aromatic rings. The standard InChI is InChI=1S/C13H6BrCl2FO/c14-7-1-3-9(12(16)5-7)13(18)10-6-8(17)2-4-11(10)15/h1-6H. The lowest BCUT2D eigenvalue weighted by Crippen LogP contribution is -2.03. The molecule has 2 rings (SSSR count). The maximum Gasteiger partial charge on any atom is 0.196 e. The Balaban J connectivity index is 2.51. The summed E-state index contributed by atoms with van der Waals surface area (Å²) in [6.07, 6.45) is 0. The number of hydrogen-bond donors (Lipinski definition) is 0. The molecule has 0 bridgehead atoms. The van der Waals surface area contributed by atoms with E-state index < -0.39 is 11.6 Å². The molecule has 0 N–H and O–H groups in total. The number of halogens is 4. The van der Waals surface area contributed by atoms with Crippen LogP contribution in [0.25, 0.3) is 0 Å². The van der Waals surface area contributed by atoms with Gasteiger partial charge in [-0.05, 0) is 36.4 Å². The number of rotatable bonds is 2. The summed E-state index contributed by atoms with van der Waals surface area (Å²) in [6, 6.07) is 8.49. The predicted molar refractivity (Wildman–Crippen MR) is 74.0 cm³/mol. The van der Waals surface area contributed by atoms with Crippen LogP contribution >= 0.6 is 39.1 Å². The Morgan fingerprint density at radius 1 is 1.00 bits per heavy atom. The van der Waals surface area contributed by atoms with Crippen molar-refractivity contribution in [1.29, 1.82) is 0 Å². The van der Waals surface area contributed by atoms with Crippen molar-refractivity contribution < 1.29 is 9.18 Å². The Morgan fingerprint density at radius 2 is 1.72 bits per heavy atom. The second-order valence-corrected chi connectivity index (χ2v) is 5.31. The minimum atomic E-state index is -0.518. The lowest BCUT2D eigenvalue weighted by atomic mass is 10.0. The van der Waals surface area contributed by atoms with E-state index >= 15 is 0 Å². The molecule has 0 radical (unpaired) electrons. The van der Waals surface area contributed by atoms with E-state index in [1.54, 1.807) is 18.2 Å². The smallest absolute Gasteiger partial charge is 0.196 e. The van der Waals surface area contributed by atoms with Gasteiger partial charge in [0.1, 0.15) is 5.82 Å². The fraction of sp³-hybridized carbons (Fsp3) is 0. The largest absolute Gasteiger partial charge is 0.288 e. The van der Waals surface area contributed by atoms with Gasteiger partial charge in [0.15, 0.2) is 5.78 Å². The Bertz CT molecular complexity index is 628. The molecular weight excluding hydrogens is 342 g/mol. The molecule has 0 saturated heterocycles.